The van der Waals surface area contributed by atoms with E-state index >= 15 is 0 Å². The Morgan fingerprint density at radius 3 is 2.56 bits per heavy atom. The maximum absolute atomic E-state index is 12.3. The third-order valence-electron chi connectivity index (χ3n) is 3.59. The number of hydrogen-bond acceptors (Lipinski definition) is 3. The van der Waals surface area contributed by atoms with Crippen molar-refractivity contribution >= 4 is 5.91 Å². The minimum absolute atomic E-state index is 0.102. The lowest BCUT2D eigenvalue weighted by atomic mass is 9.76. The van der Waals surface area contributed by atoms with Crippen molar-refractivity contribution in [1.29, 1.82) is 0 Å². The average Bonchev–Trinajstić information content (AvgIpc) is 2.25. The van der Waals surface area contributed by atoms with Gasteiger partial charge in [0.05, 0.1) is 12.1 Å². The molecule has 0 heterocycles. The van der Waals surface area contributed by atoms with Gasteiger partial charge in [0.2, 0.25) is 5.91 Å². The number of methoxy groups -OCH3 is 1. The Bertz CT molecular complexity index is 239. The van der Waals surface area contributed by atoms with E-state index in [2.05, 4.69) is 13.8 Å². The number of amides is 1. The first kappa shape index (κ1) is 13.5. The Labute approximate surface area is 98.1 Å². The standard InChI is InChI=1S/C12H24N2O2/c1-4-10(2)14(8-9-16-3)11(15)12(13)6-5-7-12/h10H,4-9,13H2,1-3H3. The summed E-state index contributed by atoms with van der Waals surface area (Å²) in [6.45, 7) is 5.37. The Morgan fingerprint density at radius 1 is 1.56 bits per heavy atom. The molecule has 1 atom stereocenters. The molecule has 0 bridgehead atoms. The van der Waals surface area contributed by atoms with Crippen molar-refractivity contribution in [3.8, 4) is 0 Å². The van der Waals surface area contributed by atoms with Crippen molar-refractivity contribution in [2.24, 2.45) is 5.73 Å². The van der Waals surface area contributed by atoms with E-state index in [1.807, 2.05) is 4.90 Å². The molecule has 0 saturated heterocycles. The molecule has 0 aromatic heterocycles. The molecule has 0 spiro atoms. The highest BCUT2D eigenvalue weighted by Crippen LogP contribution is 2.31. The van der Waals surface area contributed by atoms with Crippen LogP contribution in [0, 0.1) is 0 Å². The summed E-state index contributed by atoms with van der Waals surface area (Å²) in [5.41, 5.74) is 5.49. The summed E-state index contributed by atoms with van der Waals surface area (Å²) in [6, 6.07) is 0.240. The number of ether oxygens (including phenoxy) is 1. The third kappa shape index (κ3) is 2.74. The highest BCUT2D eigenvalue weighted by Gasteiger charge is 2.43. The van der Waals surface area contributed by atoms with E-state index in [-0.39, 0.29) is 11.9 Å². The number of rotatable bonds is 6. The first-order valence-electron chi connectivity index (χ1n) is 6.14. The number of nitrogens with two attached hydrogens (primary N) is 1. The molecule has 0 aromatic rings. The summed E-state index contributed by atoms with van der Waals surface area (Å²) in [4.78, 5) is 14.2. The molecular weight excluding hydrogens is 204 g/mol. The fourth-order valence-electron chi connectivity index (χ4n) is 1.99. The zero-order chi connectivity index (χ0) is 12.2. The topological polar surface area (TPSA) is 55.6 Å². The molecule has 4 nitrogen and oxygen atoms in total. The Hall–Kier alpha value is -0.610. The summed E-state index contributed by atoms with van der Waals surface area (Å²) in [7, 11) is 1.65. The lowest BCUT2D eigenvalue weighted by molar-refractivity contribution is -0.143. The molecule has 1 aliphatic rings. The average molecular weight is 228 g/mol. The Kier molecular flexibility index (Phi) is 4.74. The van der Waals surface area contributed by atoms with E-state index in [0.717, 1.165) is 25.7 Å². The minimum atomic E-state index is -0.586. The first-order valence-corrected chi connectivity index (χ1v) is 6.14. The lowest BCUT2D eigenvalue weighted by Gasteiger charge is -2.42. The van der Waals surface area contributed by atoms with Crippen LogP contribution < -0.4 is 5.73 Å². The van der Waals surface area contributed by atoms with Gasteiger partial charge in [0.1, 0.15) is 0 Å². The van der Waals surface area contributed by atoms with E-state index in [9.17, 15) is 4.79 Å². The van der Waals surface area contributed by atoms with E-state index in [1.165, 1.54) is 0 Å². The van der Waals surface area contributed by atoms with Crippen LogP contribution in [0.1, 0.15) is 39.5 Å². The van der Waals surface area contributed by atoms with Crippen LogP contribution in [0.5, 0.6) is 0 Å². The minimum Gasteiger partial charge on any atom is -0.383 e. The zero-order valence-corrected chi connectivity index (χ0v) is 10.7. The highest BCUT2D eigenvalue weighted by atomic mass is 16.5. The molecule has 1 aliphatic carbocycles. The Balaban J connectivity index is 2.63. The van der Waals surface area contributed by atoms with Crippen LogP contribution in [-0.4, -0.2) is 42.6 Å². The van der Waals surface area contributed by atoms with Gasteiger partial charge in [-0.3, -0.25) is 4.79 Å². The summed E-state index contributed by atoms with van der Waals surface area (Å²) in [5.74, 6) is 0.102. The van der Waals surface area contributed by atoms with E-state index in [0.29, 0.717) is 13.2 Å². The normalized spacial score (nSPS) is 20.0. The van der Waals surface area contributed by atoms with Gasteiger partial charge in [-0.1, -0.05) is 6.92 Å². The van der Waals surface area contributed by atoms with E-state index < -0.39 is 5.54 Å². The van der Waals surface area contributed by atoms with Gasteiger partial charge in [-0.15, -0.1) is 0 Å². The van der Waals surface area contributed by atoms with Crippen molar-refractivity contribution in [1.82, 2.24) is 4.90 Å². The van der Waals surface area contributed by atoms with Crippen LogP contribution in [0.25, 0.3) is 0 Å². The van der Waals surface area contributed by atoms with Crippen LogP contribution in [0.15, 0.2) is 0 Å². The molecule has 94 valence electrons. The largest absolute Gasteiger partial charge is 0.383 e. The second-order valence-electron chi connectivity index (χ2n) is 4.76. The van der Waals surface area contributed by atoms with Gasteiger partial charge in [0.25, 0.3) is 0 Å². The number of carbonyl (C=O) groups excluding carboxylic acids is 1. The second kappa shape index (κ2) is 5.64. The third-order valence-corrected chi connectivity index (χ3v) is 3.59. The monoisotopic (exact) mass is 228 g/mol. The molecule has 1 unspecified atom stereocenters. The number of carbonyl (C=O) groups is 1. The van der Waals surface area contributed by atoms with Gasteiger partial charge in [0, 0.05) is 19.7 Å². The maximum atomic E-state index is 12.3. The predicted molar refractivity (Wildman–Crippen MR) is 64.1 cm³/mol. The van der Waals surface area contributed by atoms with Crippen molar-refractivity contribution in [3.05, 3.63) is 0 Å². The fourth-order valence-corrected chi connectivity index (χ4v) is 1.99. The van der Waals surface area contributed by atoms with E-state index in [4.69, 9.17) is 10.5 Å². The molecule has 0 radical (unpaired) electrons. The van der Waals surface area contributed by atoms with Crippen LogP contribution >= 0.6 is 0 Å². The van der Waals surface area contributed by atoms with Gasteiger partial charge in [-0.2, -0.15) is 0 Å². The molecule has 16 heavy (non-hydrogen) atoms. The van der Waals surface area contributed by atoms with Crippen LogP contribution in [0.4, 0.5) is 0 Å². The SMILES string of the molecule is CCC(C)N(CCOC)C(=O)C1(N)CCC1. The predicted octanol–water partition coefficient (Wildman–Crippen LogP) is 1.14. The maximum Gasteiger partial charge on any atom is 0.242 e. The molecule has 0 aliphatic heterocycles. The van der Waals surface area contributed by atoms with Crippen molar-refractivity contribution < 1.29 is 9.53 Å². The first-order chi connectivity index (χ1) is 7.55. The summed E-state index contributed by atoms with van der Waals surface area (Å²) in [6.07, 6.45) is 3.67. The van der Waals surface area contributed by atoms with Gasteiger partial charge < -0.3 is 15.4 Å². The molecule has 1 saturated carbocycles. The smallest absolute Gasteiger partial charge is 0.242 e. The van der Waals surface area contributed by atoms with Crippen LogP contribution in [0.3, 0.4) is 0 Å². The molecule has 2 N–H and O–H groups in total. The molecule has 0 aromatic carbocycles. The van der Waals surface area contributed by atoms with Crippen molar-refractivity contribution in [2.75, 3.05) is 20.3 Å². The quantitative estimate of drug-likeness (QED) is 0.741. The molecule has 1 fully saturated rings. The molecule has 1 rings (SSSR count). The molecular formula is C12H24N2O2. The second-order valence-corrected chi connectivity index (χ2v) is 4.76. The van der Waals surface area contributed by atoms with E-state index in [1.54, 1.807) is 7.11 Å². The summed E-state index contributed by atoms with van der Waals surface area (Å²) in [5, 5.41) is 0. The van der Waals surface area contributed by atoms with Crippen LogP contribution in [0.2, 0.25) is 0 Å². The van der Waals surface area contributed by atoms with Crippen molar-refractivity contribution in [3.63, 3.8) is 0 Å². The van der Waals surface area contributed by atoms with Crippen LogP contribution in [-0.2, 0) is 9.53 Å². The number of nitrogens with zero attached hydrogens (tertiary/aromatic N) is 1. The van der Waals surface area contributed by atoms with Gasteiger partial charge in [-0.25, -0.2) is 0 Å². The fraction of sp³-hybridized carbons (Fsp3) is 0.917. The van der Waals surface area contributed by atoms with Gasteiger partial charge in [0.15, 0.2) is 0 Å². The molecule has 1 amide bonds. The van der Waals surface area contributed by atoms with Crippen molar-refractivity contribution in [2.45, 2.75) is 51.1 Å². The summed E-state index contributed by atoms with van der Waals surface area (Å²) < 4.78 is 5.05. The Morgan fingerprint density at radius 2 is 2.19 bits per heavy atom. The lowest BCUT2D eigenvalue weighted by Crippen LogP contribution is -2.61. The summed E-state index contributed by atoms with van der Waals surface area (Å²) >= 11 is 0. The zero-order valence-electron chi connectivity index (χ0n) is 10.7. The van der Waals surface area contributed by atoms with Gasteiger partial charge >= 0.3 is 0 Å². The highest BCUT2D eigenvalue weighted by molar-refractivity contribution is 5.87. The number of hydrogen-bond donors (Lipinski definition) is 1. The molecule has 4 heteroatoms. The van der Waals surface area contributed by atoms with Gasteiger partial charge in [-0.05, 0) is 32.6 Å².